The maximum absolute atomic E-state index is 11.8. The molecule has 0 unspecified atom stereocenters. The topological polar surface area (TPSA) is 35.5 Å². The van der Waals surface area contributed by atoms with Gasteiger partial charge in [-0.2, -0.15) is 0 Å². The molecule has 0 N–H and O–H groups in total. The van der Waals surface area contributed by atoms with Crippen LogP contribution in [-0.4, -0.2) is 18.2 Å². The van der Waals surface area contributed by atoms with Crippen LogP contribution in [0, 0.1) is 0 Å². The molecule has 2 rings (SSSR count). The molecule has 0 spiro atoms. The molecule has 0 aliphatic rings. The molecule has 23 heavy (non-hydrogen) atoms. The Morgan fingerprint density at radius 1 is 1.00 bits per heavy atom. The zero-order valence-corrected chi connectivity index (χ0v) is 14.4. The third kappa shape index (κ3) is 5.00. The van der Waals surface area contributed by atoms with Crippen LogP contribution in [0.3, 0.4) is 0 Å². The highest BCUT2D eigenvalue weighted by Crippen LogP contribution is 2.21. The van der Waals surface area contributed by atoms with Gasteiger partial charge in [0.05, 0.1) is 6.61 Å². The third-order valence-electron chi connectivity index (χ3n) is 3.38. The number of benzene rings is 2. The van der Waals surface area contributed by atoms with E-state index in [0.717, 1.165) is 17.0 Å². The molecule has 122 valence electrons. The normalized spacial score (nSPS) is 11.1. The van der Waals surface area contributed by atoms with Gasteiger partial charge in [-0.1, -0.05) is 35.9 Å². The molecule has 0 bridgehead atoms. The van der Waals surface area contributed by atoms with E-state index in [9.17, 15) is 4.79 Å². The Morgan fingerprint density at radius 2 is 1.52 bits per heavy atom. The molecule has 0 saturated heterocycles. The molecule has 0 aromatic heterocycles. The first-order valence-electron chi connectivity index (χ1n) is 7.60. The first kappa shape index (κ1) is 17.4. The molecule has 0 atom stereocenters. The Labute approximate surface area is 142 Å². The Balaban J connectivity index is 2.01. The molecule has 4 heteroatoms. The fourth-order valence-electron chi connectivity index (χ4n) is 2.15. The van der Waals surface area contributed by atoms with E-state index in [1.807, 2.05) is 48.5 Å². The van der Waals surface area contributed by atoms with Gasteiger partial charge in [0.15, 0.2) is 5.60 Å². The van der Waals surface area contributed by atoms with Crippen molar-refractivity contribution in [3.05, 3.63) is 64.7 Å². The maximum Gasteiger partial charge on any atom is 0.349 e. The van der Waals surface area contributed by atoms with Crippen LogP contribution in [0.1, 0.15) is 31.9 Å². The van der Waals surface area contributed by atoms with E-state index < -0.39 is 5.60 Å². The number of carbonyl (C=O) groups is 1. The standard InChI is InChI=1S/C19H21ClO3/c1-4-22-18(21)19(2,3)23-17-11-7-15(8-12-17)13-14-5-9-16(20)10-6-14/h5-12H,4,13H2,1-3H3. The lowest BCUT2D eigenvalue weighted by molar-refractivity contribution is -0.158. The number of ether oxygens (including phenoxy) is 2. The van der Waals surface area contributed by atoms with Crippen molar-refractivity contribution in [2.75, 3.05) is 6.61 Å². The van der Waals surface area contributed by atoms with Gasteiger partial charge in [0, 0.05) is 5.02 Å². The minimum absolute atomic E-state index is 0.339. The predicted molar refractivity (Wildman–Crippen MR) is 92.0 cm³/mol. The Kier molecular flexibility index (Phi) is 5.67. The first-order chi connectivity index (χ1) is 10.9. The molecule has 3 nitrogen and oxygen atoms in total. The summed E-state index contributed by atoms with van der Waals surface area (Å²) in [6, 6.07) is 15.5. The lowest BCUT2D eigenvalue weighted by Crippen LogP contribution is -2.39. The summed E-state index contributed by atoms with van der Waals surface area (Å²) in [6.07, 6.45) is 0.818. The number of hydrogen-bond acceptors (Lipinski definition) is 3. The summed E-state index contributed by atoms with van der Waals surface area (Å²) >= 11 is 5.89. The van der Waals surface area contributed by atoms with Crippen LogP contribution in [0.4, 0.5) is 0 Å². The van der Waals surface area contributed by atoms with Gasteiger partial charge in [-0.25, -0.2) is 4.79 Å². The minimum Gasteiger partial charge on any atom is -0.476 e. The largest absolute Gasteiger partial charge is 0.476 e. The van der Waals surface area contributed by atoms with Crippen LogP contribution >= 0.6 is 11.6 Å². The molecule has 0 fully saturated rings. The highest BCUT2D eigenvalue weighted by Gasteiger charge is 2.31. The molecule has 2 aromatic rings. The van der Waals surface area contributed by atoms with Gasteiger partial charge in [0.1, 0.15) is 5.75 Å². The van der Waals surface area contributed by atoms with Crippen LogP contribution in [0.25, 0.3) is 0 Å². The number of rotatable bonds is 6. The third-order valence-corrected chi connectivity index (χ3v) is 3.64. The molecular formula is C19H21ClO3. The Morgan fingerprint density at radius 3 is 2.04 bits per heavy atom. The molecule has 0 radical (unpaired) electrons. The lowest BCUT2D eigenvalue weighted by atomic mass is 10.0. The van der Waals surface area contributed by atoms with Crippen molar-refractivity contribution in [3.63, 3.8) is 0 Å². The average molecular weight is 333 g/mol. The molecule has 2 aromatic carbocycles. The summed E-state index contributed by atoms with van der Waals surface area (Å²) in [5.74, 6) is 0.271. The Hall–Kier alpha value is -2.00. The molecular weight excluding hydrogens is 312 g/mol. The van der Waals surface area contributed by atoms with Crippen molar-refractivity contribution in [1.82, 2.24) is 0 Å². The molecule has 0 saturated carbocycles. The molecule has 0 aliphatic carbocycles. The predicted octanol–water partition coefficient (Wildman–Crippen LogP) is 4.65. The van der Waals surface area contributed by atoms with Crippen molar-refractivity contribution in [2.45, 2.75) is 32.8 Å². The molecule has 0 amide bonds. The van der Waals surface area contributed by atoms with Crippen LogP contribution in [0.2, 0.25) is 5.02 Å². The van der Waals surface area contributed by atoms with Crippen LogP contribution in [0.5, 0.6) is 5.75 Å². The maximum atomic E-state index is 11.8. The van der Waals surface area contributed by atoms with Crippen molar-refractivity contribution in [3.8, 4) is 5.75 Å². The van der Waals surface area contributed by atoms with Crippen molar-refractivity contribution in [1.29, 1.82) is 0 Å². The van der Waals surface area contributed by atoms with Gasteiger partial charge in [-0.15, -0.1) is 0 Å². The van der Waals surface area contributed by atoms with Crippen LogP contribution in [0.15, 0.2) is 48.5 Å². The van der Waals surface area contributed by atoms with Gasteiger partial charge in [-0.3, -0.25) is 0 Å². The zero-order chi connectivity index (χ0) is 16.9. The van der Waals surface area contributed by atoms with Crippen molar-refractivity contribution in [2.24, 2.45) is 0 Å². The van der Waals surface area contributed by atoms with E-state index in [1.165, 1.54) is 5.56 Å². The van der Waals surface area contributed by atoms with E-state index in [4.69, 9.17) is 21.1 Å². The fourth-order valence-corrected chi connectivity index (χ4v) is 2.28. The number of halogens is 1. The summed E-state index contributed by atoms with van der Waals surface area (Å²) in [5, 5.41) is 0.735. The van der Waals surface area contributed by atoms with Crippen molar-refractivity contribution >= 4 is 17.6 Å². The monoisotopic (exact) mass is 332 g/mol. The first-order valence-corrected chi connectivity index (χ1v) is 7.98. The van der Waals surface area contributed by atoms with Crippen LogP contribution in [-0.2, 0) is 16.0 Å². The van der Waals surface area contributed by atoms with Crippen molar-refractivity contribution < 1.29 is 14.3 Å². The number of hydrogen-bond donors (Lipinski definition) is 0. The second-order valence-corrected chi connectivity index (χ2v) is 6.22. The number of esters is 1. The van der Waals surface area contributed by atoms with Gasteiger partial charge < -0.3 is 9.47 Å². The highest BCUT2D eigenvalue weighted by atomic mass is 35.5. The number of carbonyl (C=O) groups excluding carboxylic acids is 1. The quantitative estimate of drug-likeness (QED) is 0.722. The SMILES string of the molecule is CCOC(=O)C(C)(C)Oc1ccc(Cc2ccc(Cl)cc2)cc1. The van der Waals surface area contributed by atoms with E-state index in [0.29, 0.717) is 12.4 Å². The van der Waals surface area contributed by atoms with Gasteiger partial charge in [-0.05, 0) is 62.6 Å². The smallest absolute Gasteiger partial charge is 0.349 e. The van der Waals surface area contributed by atoms with E-state index in [-0.39, 0.29) is 5.97 Å². The summed E-state index contributed by atoms with van der Waals surface area (Å²) in [7, 11) is 0. The fraction of sp³-hybridized carbons (Fsp3) is 0.316. The summed E-state index contributed by atoms with van der Waals surface area (Å²) < 4.78 is 10.8. The van der Waals surface area contributed by atoms with E-state index >= 15 is 0 Å². The molecule has 0 aliphatic heterocycles. The highest BCUT2D eigenvalue weighted by molar-refractivity contribution is 6.30. The molecule has 0 heterocycles. The Bertz CT molecular complexity index is 645. The lowest BCUT2D eigenvalue weighted by Gasteiger charge is -2.24. The average Bonchev–Trinajstić information content (AvgIpc) is 2.51. The van der Waals surface area contributed by atoms with Gasteiger partial charge in [0.25, 0.3) is 0 Å². The van der Waals surface area contributed by atoms with Crippen LogP contribution < -0.4 is 4.74 Å². The summed E-state index contributed by atoms with van der Waals surface area (Å²) in [5.41, 5.74) is 1.34. The van der Waals surface area contributed by atoms with E-state index in [1.54, 1.807) is 20.8 Å². The summed E-state index contributed by atoms with van der Waals surface area (Å²) in [6.45, 7) is 5.52. The van der Waals surface area contributed by atoms with Gasteiger partial charge >= 0.3 is 5.97 Å². The second-order valence-electron chi connectivity index (χ2n) is 5.78. The zero-order valence-electron chi connectivity index (χ0n) is 13.6. The minimum atomic E-state index is -1.01. The second kappa shape index (κ2) is 7.51. The summed E-state index contributed by atoms with van der Waals surface area (Å²) in [4.78, 5) is 11.8. The van der Waals surface area contributed by atoms with E-state index in [2.05, 4.69) is 0 Å². The van der Waals surface area contributed by atoms with Gasteiger partial charge in [0.2, 0.25) is 0 Å².